The van der Waals surface area contributed by atoms with Crippen molar-refractivity contribution >= 4 is 12.0 Å². The van der Waals surface area contributed by atoms with E-state index in [2.05, 4.69) is 4.98 Å². The lowest BCUT2D eigenvalue weighted by molar-refractivity contribution is -0.131. The zero-order valence-electron chi connectivity index (χ0n) is 10.7. The summed E-state index contributed by atoms with van der Waals surface area (Å²) in [4.78, 5) is 14.6. The monoisotopic (exact) mass is 273 g/mol. The molecule has 0 aliphatic carbocycles. The minimum absolute atomic E-state index is 0.264. The van der Waals surface area contributed by atoms with Crippen molar-refractivity contribution in [3.63, 3.8) is 0 Å². The van der Waals surface area contributed by atoms with Crippen LogP contribution in [0.15, 0.2) is 42.6 Å². The molecule has 20 heavy (non-hydrogen) atoms. The van der Waals surface area contributed by atoms with Crippen molar-refractivity contribution in [2.45, 2.75) is 6.92 Å². The van der Waals surface area contributed by atoms with E-state index in [-0.39, 0.29) is 11.7 Å². The number of aliphatic carboxylic acids is 1. The van der Waals surface area contributed by atoms with Crippen molar-refractivity contribution in [3.05, 3.63) is 59.5 Å². The largest absolute Gasteiger partial charge is 0.478 e. The fourth-order valence-corrected chi connectivity index (χ4v) is 1.61. The van der Waals surface area contributed by atoms with E-state index in [0.717, 1.165) is 6.08 Å². The molecule has 5 heteroatoms. The number of carbonyl (C=O) groups is 1. The third-order valence-corrected chi connectivity index (χ3v) is 2.55. The lowest BCUT2D eigenvalue weighted by atomic mass is 10.2. The number of nitrogens with zero attached hydrogens (tertiary/aromatic N) is 1. The van der Waals surface area contributed by atoms with Crippen molar-refractivity contribution in [1.29, 1.82) is 0 Å². The van der Waals surface area contributed by atoms with E-state index in [1.165, 1.54) is 30.5 Å². The lowest BCUT2D eigenvalue weighted by Crippen LogP contribution is -1.94. The molecule has 4 nitrogen and oxygen atoms in total. The minimum Gasteiger partial charge on any atom is -0.478 e. The predicted molar refractivity (Wildman–Crippen MR) is 72.1 cm³/mol. The van der Waals surface area contributed by atoms with Gasteiger partial charge in [0.15, 0.2) is 0 Å². The van der Waals surface area contributed by atoms with Gasteiger partial charge in [0.1, 0.15) is 11.6 Å². The number of pyridine rings is 1. The van der Waals surface area contributed by atoms with Gasteiger partial charge in [-0.05, 0) is 48.9 Å². The van der Waals surface area contributed by atoms with Crippen molar-refractivity contribution in [2.75, 3.05) is 0 Å². The molecule has 2 rings (SSSR count). The van der Waals surface area contributed by atoms with E-state index >= 15 is 0 Å². The smallest absolute Gasteiger partial charge is 0.328 e. The first-order valence-electron chi connectivity index (χ1n) is 5.86. The Labute approximate surface area is 115 Å². The van der Waals surface area contributed by atoms with Crippen LogP contribution in [0, 0.1) is 12.7 Å². The van der Waals surface area contributed by atoms with Crippen LogP contribution in [-0.4, -0.2) is 16.1 Å². The SMILES string of the molecule is Cc1cc(F)ccc1Oc1ncccc1/C=C/C(=O)O. The van der Waals surface area contributed by atoms with Gasteiger partial charge >= 0.3 is 5.97 Å². The van der Waals surface area contributed by atoms with Gasteiger partial charge in [-0.3, -0.25) is 0 Å². The molecule has 1 aromatic heterocycles. The van der Waals surface area contributed by atoms with E-state index in [4.69, 9.17) is 9.84 Å². The number of rotatable bonds is 4. The number of benzene rings is 1. The summed E-state index contributed by atoms with van der Waals surface area (Å²) >= 11 is 0. The Hall–Kier alpha value is -2.69. The molecule has 0 aliphatic heterocycles. The van der Waals surface area contributed by atoms with Gasteiger partial charge in [-0.2, -0.15) is 0 Å². The minimum atomic E-state index is -1.06. The second-order valence-corrected chi connectivity index (χ2v) is 4.08. The Balaban J connectivity index is 2.31. The van der Waals surface area contributed by atoms with Gasteiger partial charge < -0.3 is 9.84 Å². The number of hydrogen-bond acceptors (Lipinski definition) is 3. The zero-order chi connectivity index (χ0) is 14.5. The number of aryl methyl sites for hydroxylation is 1. The number of aromatic nitrogens is 1. The maximum atomic E-state index is 13.0. The summed E-state index contributed by atoms with van der Waals surface area (Å²) in [6.07, 6.45) is 3.93. The Bertz CT molecular complexity index is 668. The summed E-state index contributed by atoms with van der Waals surface area (Å²) in [5, 5.41) is 8.64. The fraction of sp³-hybridized carbons (Fsp3) is 0.0667. The highest BCUT2D eigenvalue weighted by Gasteiger charge is 2.07. The van der Waals surface area contributed by atoms with Crippen LogP contribution in [0.25, 0.3) is 6.08 Å². The van der Waals surface area contributed by atoms with Gasteiger partial charge in [0.05, 0.1) is 0 Å². The number of halogens is 1. The molecule has 0 fully saturated rings. The summed E-state index contributed by atoms with van der Waals surface area (Å²) in [5.41, 5.74) is 1.16. The first kappa shape index (κ1) is 13.7. The third kappa shape index (κ3) is 3.41. The molecular formula is C15H12FNO3. The van der Waals surface area contributed by atoms with Crippen LogP contribution in [-0.2, 0) is 4.79 Å². The van der Waals surface area contributed by atoms with E-state index in [0.29, 0.717) is 16.9 Å². The Morgan fingerprint density at radius 2 is 2.20 bits per heavy atom. The second-order valence-electron chi connectivity index (χ2n) is 4.08. The number of carboxylic acid groups (broad SMARTS) is 1. The number of carboxylic acids is 1. The highest BCUT2D eigenvalue weighted by molar-refractivity contribution is 5.85. The van der Waals surface area contributed by atoms with E-state index in [1.807, 2.05) is 0 Å². The summed E-state index contributed by atoms with van der Waals surface area (Å²) in [6, 6.07) is 7.50. The van der Waals surface area contributed by atoms with Crippen LogP contribution in [0.4, 0.5) is 4.39 Å². The quantitative estimate of drug-likeness (QED) is 0.867. The molecular weight excluding hydrogens is 261 g/mol. The predicted octanol–water partition coefficient (Wildman–Crippen LogP) is 3.42. The molecule has 0 amide bonds. The van der Waals surface area contributed by atoms with E-state index in [9.17, 15) is 9.18 Å². The lowest BCUT2D eigenvalue weighted by Gasteiger charge is -2.09. The highest BCUT2D eigenvalue weighted by atomic mass is 19.1. The van der Waals surface area contributed by atoms with E-state index in [1.54, 1.807) is 19.1 Å². The average Bonchev–Trinajstić information content (AvgIpc) is 2.41. The first-order valence-corrected chi connectivity index (χ1v) is 5.86. The molecule has 0 saturated carbocycles. The second kappa shape index (κ2) is 5.97. The number of hydrogen-bond donors (Lipinski definition) is 1. The molecule has 1 heterocycles. The summed E-state index contributed by atoms with van der Waals surface area (Å²) < 4.78 is 18.6. The van der Waals surface area contributed by atoms with Crippen LogP contribution in [0.2, 0.25) is 0 Å². The van der Waals surface area contributed by atoms with Crippen LogP contribution < -0.4 is 4.74 Å². The molecule has 0 bridgehead atoms. The van der Waals surface area contributed by atoms with Crippen LogP contribution >= 0.6 is 0 Å². The fourth-order valence-electron chi connectivity index (χ4n) is 1.61. The van der Waals surface area contributed by atoms with Gasteiger partial charge in [-0.1, -0.05) is 0 Å². The molecule has 102 valence electrons. The van der Waals surface area contributed by atoms with E-state index < -0.39 is 5.97 Å². The van der Waals surface area contributed by atoms with Crippen molar-refractivity contribution < 1.29 is 19.0 Å². The third-order valence-electron chi connectivity index (χ3n) is 2.55. The van der Waals surface area contributed by atoms with Crippen molar-refractivity contribution in [2.24, 2.45) is 0 Å². The maximum absolute atomic E-state index is 13.0. The van der Waals surface area contributed by atoms with Gasteiger partial charge in [-0.25, -0.2) is 14.2 Å². The summed E-state index contributed by atoms with van der Waals surface area (Å²) in [6.45, 7) is 1.72. The van der Waals surface area contributed by atoms with Crippen LogP contribution in [0.1, 0.15) is 11.1 Å². The Morgan fingerprint density at radius 3 is 2.90 bits per heavy atom. The zero-order valence-corrected chi connectivity index (χ0v) is 10.7. The first-order chi connectivity index (χ1) is 9.56. The van der Waals surface area contributed by atoms with Crippen LogP contribution in [0.3, 0.4) is 0 Å². The van der Waals surface area contributed by atoms with Gasteiger partial charge in [0, 0.05) is 17.8 Å². The average molecular weight is 273 g/mol. The van der Waals surface area contributed by atoms with Crippen molar-refractivity contribution in [1.82, 2.24) is 4.98 Å². The van der Waals surface area contributed by atoms with Gasteiger partial charge in [0.2, 0.25) is 5.88 Å². The topological polar surface area (TPSA) is 59.4 Å². The maximum Gasteiger partial charge on any atom is 0.328 e. The molecule has 0 aliphatic rings. The molecule has 1 aromatic carbocycles. The summed E-state index contributed by atoms with van der Waals surface area (Å²) in [7, 11) is 0. The summed E-state index contributed by atoms with van der Waals surface area (Å²) in [5.74, 6) is -0.672. The Morgan fingerprint density at radius 1 is 1.40 bits per heavy atom. The molecule has 2 aromatic rings. The standard InChI is InChI=1S/C15H12FNO3/c1-10-9-12(16)5-6-13(10)20-15-11(3-2-8-17-15)4-7-14(18)19/h2-9H,1H3,(H,18,19)/b7-4+. The van der Waals surface area contributed by atoms with Gasteiger partial charge in [-0.15, -0.1) is 0 Å². The Kier molecular flexibility index (Phi) is 4.10. The van der Waals surface area contributed by atoms with Crippen molar-refractivity contribution in [3.8, 4) is 11.6 Å². The highest BCUT2D eigenvalue weighted by Crippen LogP contribution is 2.27. The van der Waals surface area contributed by atoms with Gasteiger partial charge in [0.25, 0.3) is 0 Å². The molecule has 0 unspecified atom stereocenters. The molecule has 1 N–H and O–H groups in total. The molecule has 0 spiro atoms. The van der Waals surface area contributed by atoms with Crippen LogP contribution in [0.5, 0.6) is 11.6 Å². The number of ether oxygens (including phenoxy) is 1. The normalized spacial score (nSPS) is 10.7. The molecule has 0 atom stereocenters. The molecule has 0 saturated heterocycles. The molecule has 0 radical (unpaired) electrons.